The number of likely N-dealkylation sites (tertiary alicyclic amines) is 1. The summed E-state index contributed by atoms with van der Waals surface area (Å²) in [5.74, 6) is -0.216. The first-order valence-corrected chi connectivity index (χ1v) is 6.44. The molecule has 18 heavy (non-hydrogen) atoms. The highest BCUT2D eigenvalue weighted by Crippen LogP contribution is 2.14. The van der Waals surface area contributed by atoms with Crippen LogP contribution < -0.4 is 5.32 Å². The number of hydrogen-bond donors (Lipinski definition) is 1. The SMILES string of the molecule is Cc1nnsc1C(=O)NC1CCN(CC(F)F)C1. The van der Waals surface area contributed by atoms with Crippen LogP contribution in [0, 0.1) is 6.92 Å². The van der Waals surface area contributed by atoms with Gasteiger partial charge in [0.05, 0.1) is 12.2 Å². The van der Waals surface area contributed by atoms with E-state index in [1.54, 1.807) is 11.8 Å². The molecule has 1 amide bonds. The molecular formula is C10H14F2N4OS. The van der Waals surface area contributed by atoms with E-state index in [0.717, 1.165) is 11.5 Å². The molecule has 0 aromatic carbocycles. The minimum Gasteiger partial charge on any atom is -0.347 e. The first-order chi connectivity index (χ1) is 8.56. The molecule has 1 aliphatic rings. The second-order valence-corrected chi connectivity index (χ2v) is 5.05. The molecule has 0 aliphatic carbocycles. The molecule has 1 aromatic rings. The van der Waals surface area contributed by atoms with E-state index >= 15 is 0 Å². The van der Waals surface area contributed by atoms with Crippen LogP contribution in [0.15, 0.2) is 0 Å². The Labute approximate surface area is 107 Å². The van der Waals surface area contributed by atoms with Crippen LogP contribution in [0.2, 0.25) is 0 Å². The largest absolute Gasteiger partial charge is 0.347 e. The Kier molecular flexibility index (Phi) is 4.18. The van der Waals surface area contributed by atoms with Crippen LogP contribution >= 0.6 is 11.5 Å². The summed E-state index contributed by atoms with van der Waals surface area (Å²) < 4.78 is 28.1. The smallest absolute Gasteiger partial charge is 0.265 e. The van der Waals surface area contributed by atoms with Gasteiger partial charge in [-0.2, -0.15) is 0 Å². The number of aryl methyl sites for hydroxylation is 1. The van der Waals surface area contributed by atoms with Crippen LogP contribution in [0.5, 0.6) is 0 Å². The molecule has 0 saturated carbocycles. The molecule has 1 unspecified atom stereocenters. The van der Waals surface area contributed by atoms with Gasteiger partial charge in [0.2, 0.25) is 0 Å². The lowest BCUT2D eigenvalue weighted by molar-refractivity contribution is 0.0921. The van der Waals surface area contributed by atoms with Crippen molar-refractivity contribution in [2.45, 2.75) is 25.8 Å². The Balaban J connectivity index is 1.85. The second-order valence-electron chi connectivity index (χ2n) is 4.30. The van der Waals surface area contributed by atoms with Crippen LogP contribution in [0.1, 0.15) is 21.8 Å². The van der Waals surface area contributed by atoms with Crippen molar-refractivity contribution < 1.29 is 13.6 Å². The van der Waals surface area contributed by atoms with Crippen molar-refractivity contribution in [1.82, 2.24) is 19.8 Å². The predicted molar refractivity (Wildman–Crippen MR) is 63.0 cm³/mol. The van der Waals surface area contributed by atoms with Gasteiger partial charge >= 0.3 is 0 Å². The van der Waals surface area contributed by atoms with Crippen LogP contribution in [0.4, 0.5) is 8.78 Å². The number of aromatic nitrogens is 2. The summed E-state index contributed by atoms with van der Waals surface area (Å²) in [5, 5.41) is 6.59. The monoisotopic (exact) mass is 276 g/mol. The van der Waals surface area contributed by atoms with Gasteiger partial charge in [0.15, 0.2) is 0 Å². The molecule has 1 aliphatic heterocycles. The second kappa shape index (κ2) is 5.66. The van der Waals surface area contributed by atoms with Crippen molar-refractivity contribution in [3.63, 3.8) is 0 Å². The zero-order valence-electron chi connectivity index (χ0n) is 9.90. The molecule has 5 nitrogen and oxygen atoms in total. The van der Waals surface area contributed by atoms with Gasteiger partial charge in [0, 0.05) is 19.1 Å². The number of halogens is 2. The standard InChI is InChI=1S/C10H14F2N4OS/c1-6-9(18-15-14-6)10(17)13-7-2-3-16(4-7)5-8(11)12/h7-8H,2-5H2,1H3,(H,13,17). The fourth-order valence-corrected chi connectivity index (χ4v) is 2.56. The molecule has 1 aromatic heterocycles. The predicted octanol–water partition coefficient (Wildman–Crippen LogP) is 0.916. The Morgan fingerprint density at radius 1 is 1.67 bits per heavy atom. The molecule has 0 spiro atoms. The van der Waals surface area contributed by atoms with E-state index in [9.17, 15) is 13.6 Å². The van der Waals surface area contributed by atoms with Gasteiger partial charge in [-0.1, -0.05) is 4.49 Å². The lowest BCUT2D eigenvalue weighted by Crippen LogP contribution is -2.37. The average Bonchev–Trinajstić information content (AvgIpc) is 2.87. The highest BCUT2D eigenvalue weighted by molar-refractivity contribution is 7.08. The number of carbonyl (C=O) groups excluding carboxylic acids is 1. The number of rotatable bonds is 4. The number of alkyl halides is 2. The molecule has 1 fully saturated rings. The number of amides is 1. The molecule has 2 heterocycles. The van der Waals surface area contributed by atoms with Crippen LogP contribution in [0.25, 0.3) is 0 Å². The normalized spacial score (nSPS) is 20.6. The van der Waals surface area contributed by atoms with Crippen molar-refractivity contribution in [1.29, 1.82) is 0 Å². The average molecular weight is 276 g/mol. The van der Waals surface area contributed by atoms with Crippen molar-refractivity contribution in [3.05, 3.63) is 10.6 Å². The Morgan fingerprint density at radius 3 is 3.06 bits per heavy atom. The zero-order valence-corrected chi connectivity index (χ0v) is 10.7. The van der Waals surface area contributed by atoms with E-state index in [1.807, 2.05) is 0 Å². The fraction of sp³-hybridized carbons (Fsp3) is 0.700. The lowest BCUT2D eigenvalue weighted by atomic mass is 10.2. The highest BCUT2D eigenvalue weighted by atomic mass is 32.1. The van der Waals surface area contributed by atoms with Crippen LogP contribution in [-0.2, 0) is 0 Å². The van der Waals surface area contributed by atoms with Gasteiger partial charge in [-0.3, -0.25) is 9.69 Å². The van der Waals surface area contributed by atoms with E-state index in [1.165, 1.54) is 0 Å². The number of nitrogens with zero attached hydrogens (tertiary/aromatic N) is 3. The maximum atomic E-state index is 12.2. The summed E-state index contributed by atoms with van der Waals surface area (Å²) in [6, 6.07) is -0.0715. The van der Waals surface area contributed by atoms with E-state index in [2.05, 4.69) is 14.9 Å². The molecule has 0 bridgehead atoms. The third-order valence-electron chi connectivity index (χ3n) is 2.86. The van der Waals surface area contributed by atoms with E-state index in [0.29, 0.717) is 30.1 Å². The van der Waals surface area contributed by atoms with Crippen molar-refractivity contribution in [2.24, 2.45) is 0 Å². The van der Waals surface area contributed by atoms with Gasteiger partial charge < -0.3 is 5.32 Å². The first-order valence-electron chi connectivity index (χ1n) is 5.66. The van der Waals surface area contributed by atoms with Crippen molar-refractivity contribution in [2.75, 3.05) is 19.6 Å². The Bertz CT molecular complexity index is 426. The summed E-state index contributed by atoms with van der Waals surface area (Å²) in [7, 11) is 0. The maximum Gasteiger partial charge on any atom is 0.265 e. The Hall–Kier alpha value is -1.15. The highest BCUT2D eigenvalue weighted by Gasteiger charge is 2.26. The molecule has 1 N–H and O–H groups in total. The van der Waals surface area contributed by atoms with E-state index in [-0.39, 0.29) is 18.5 Å². The zero-order chi connectivity index (χ0) is 13.1. The first kappa shape index (κ1) is 13.3. The van der Waals surface area contributed by atoms with Gasteiger partial charge in [-0.15, -0.1) is 5.10 Å². The van der Waals surface area contributed by atoms with E-state index < -0.39 is 6.43 Å². The number of hydrogen-bond acceptors (Lipinski definition) is 5. The fourth-order valence-electron chi connectivity index (χ4n) is 2.00. The summed E-state index contributed by atoms with van der Waals surface area (Å²) in [6.45, 7) is 2.56. The van der Waals surface area contributed by atoms with Gasteiger partial charge in [-0.25, -0.2) is 8.78 Å². The van der Waals surface area contributed by atoms with E-state index in [4.69, 9.17) is 0 Å². The van der Waals surface area contributed by atoms with Crippen LogP contribution in [-0.4, -0.2) is 52.5 Å². The molecule has 100 valence electrons. The lowest BCUT2D eigenvalue weighted by Gasteiger charge is -2.15. The molecule has 1 atom stereocenters. The topological polar surface area (TPSA) is 58.1 Å². The molecular weight excluding hydrogens is 262 g/mol. The third-order valence-corrected chi connectivity index (χ3v) is 3.69. The maximum absolute atomic E-state index is 12.2. The molecule has 2 rings (SSSR count). The molecule has 0 radical (unpaired) electrons. The summed E-state index contributed by atoms with van der Waals surface area (Å²) in [4.78, 5) is 14.0. The quantitative estimate of drug-likeness (QED) is 0.888. The molecule has 8 heteroatoms. The molecule has 1 saturated heterocycles. The van der Waals surface area contributed by atoms with Crippen LogP contribution in [0.3, 0.4) is 0 Å². The minimum absolute atomic E-state index is 0.0715. The number of nitrogens with one attached hydrogen (secondary N) is 1. The van der Waals surface area contributed by atoms with Gasteiger partial charge in [-0.05, 0) is 24.9 Å². The van der Waals surface area contributed by atoms with Gasteiger partial charge in [0.1, 0.15) is 4.88 Å². The number of carbonyl (C=O) groups is 1. The minimum atomic E-state index is -2.33. The van der Waals surface area contributed by atoms with Crippen molar-refractivity contribution in [3.8, 4) is 0 Å². The Morgan fingerprint density at radius 2 is 2.44 bits per heavy atom. The third kappa shape index (κ3) is 3.20. The summed E-state index contributed by atoms with van der Waals surface area (Å²) in [5.41, 5.74) is 0.597. The summed E-state index contributed by atoms with van der Waals surface area (Å²) >= 11 is 1.05. The van der Waals surface area contributed by atoms with Crippen molar-refractivity contribution >= 4 is 17.4 Å². The van der Waals surface area contributed by atoms with Gasteiger partial charge in [0.25, 0.3) is 12.3 Å². The summed E-state index contributed by atoms with van der Waals surface area (Å²) in [6.07, 6.45) is -1.63.